The maximum Gasteiger partial charge on any atom is 0.237 e. The van der Waals surface area contributed by atoms with Gasteiger partial charge >= 0.3 is 0 Å². The molecular weight excluding hydrogens is 278 g/mol. The highest BCUT2D eigenvalue weighted by atomic mass is 32.2. The predicted molar refractivity (Wildman–Crippen MR) is 77.8 cm³/mol. The van der Waals surface area contributed by atoms with Crippen molar-refractivity contribution in [2.75, 3.05) is 31.9 Å². The molecule has 2 heterocycles. The lowest BCUT2D eigenvalue weighted by Crippen LogP contribution is -2.47. The van der Waals surface area contributed by atoms with E-state index in [9.17, 15) is 13.2 Å². The second-order valence-corrected chi connectivity index (χ2v) is 7.92. The Hall–Kier alpha value is -0.660. The number of hydrogen-bond donors (Lipinski definition) is 2. The van der Waals surface area contributed by atoms with Gasteiger partial charge in [0.25, 0.3) is 0 Å². The number of nitrogens with one attached hydrogen (secondary N) is 2. The molecule has 1 amide bonds. The molecule has 0 saturated carbocycles. The number of sulfonamides is 1. The molecule has 2 fully saturated rings. The Balaban J connectivity index is 1.79. The molecule has 2 aliphatic heterocycles. The van der Waals surface area contributed by atoms with Crippen molar-refractivity contribution in [1.82, 2.24) is 14.9 Å². The first kappa shape index (κ1) is 15.7. The van der Waals surface area contributed by atoms with Crippen LogP contribution in [0.5, 0.6) is 0 Å². The highest BCUT2D eigenvalue weighted by molar-refractivity contribution is 7.89. The number of piperidine rings is 1. The van der Waals surface area contributed by atoms with Crippen LogP contribution in [0.4, 0.5) is 0 Å². The molecule has 0 aliphatic carbocycles. The van der Waals surface area contributed by atoms with E-state index in [4.69, 9.17) is 0 Å². The molecule has 2 aliphatic rings. The Morgan fingerprint density at radius 2 is 2.15 bits per heavy atom. The fourth-order valence-electron chi connectivity index (χ4n) is 2.91. The molecule has 2 saturated heterocycles. The van der Waals surface area contributed by atoms with E-state index < -0.39 is 10.0 Å². The van der Waals surface area contributed by atoms with E-state index >= 15 is 0 Å². The van der Waals surface area contributed by atoms with Gasteiger partial charge in [0, 0.05) is 19.6 Å². The summed E-state index contributed by atoms with van der Waals surface area (Å²) in [5.74, 6) is 0.436. The van der Waals surface area contributed by atoms with Gasteiger partial charge in [0.1, 0.15) is 0 Å². The quantitative estimate of drug-likeness (QED) is 0.744. The minimum Gasteiger partial charge on any atom is -0.354 e. The third-order valence-electron chi connectivity index (χ3n) is 4.18. The molecule has 6 nitrogen and oxygen atoms in total. The van der Waals surface area contributed by atoms with E-state index in [2.05, 4.69) is 10.6 Å². The third-order valence-corrected chi connectivity index (χ3v) is 6.03. The van der Waals surface area contributed by atoms with E-state index in [-0.39, 0.29) is 23.6 Å². The van der Waals surface area contributed by atoms with Gasteiger partial charge in [-0.3, -0.25) is 4.79 Å². The fourth-order valence-corrected chi connectivity index (χ4v) is 4.12. The van der Waals surface area contributed by atoms with Crippen LogP contribution in [0.2, 0.25) is 0 Å². The van der Waals surface area contributed by atoms with Crippen LogP contribution in [-0.4, -0.2) is 56.6 Å². The topological polar surface area (TPSA) is 78.5 Å². The van der Waals surface area contributed by atoms with Gasteiger partial charge in [0.05, 0.1) is 11.8 Å². The van der Waals surface area contributed by atoms with Gasteiger partial charge in [-0.25, -0.2) is 12.7 Å². The minimum atomic E-state index is -3.10. The van der Waals surface area contributed by atoms with Gasteiger partial charge in [-0.15, -0.1) is 0 Å². The van der Waals surface area contributed by atoms with E-state index in [1.165, 1.54) is 0 Å². The molecule has 0 aromatic rings. The average Bonchev–Trinajstić information content (AvgIpc) is 2.99. The van der Waals surface area contributed by atoms with E-state index in [0.717, 1.165) is 32.2 Å². The Labute approximate surface area is 121 Å². The van der Waals surface area contributed by atoms with Crippen molar-refractivity contribution in [1.29, 1.82) is 0 Å². The predicted octanol–water partition coefficient (Wildman–Crippen LogP) is -0.0837. The Bertz CT molecular complexity index is 432. The van der Waals surface area contributed by atoms with Crippen LogP contribution in [0.3, 0.4) is 0 Å². The number of amides is 1. The van der Waals surface area contributed by atoms with E-state index in [1.54, 1.807) is 11.2 Å². The van der Waals surface area contributed by atoms with E-state index in [1.807, 2.05) is 0 Å². The lowest BCUT2D eigenvalue weighted by Gasteiger charge is -2.31. The third kappa shape index (κ3) is 3.93. The Morgan fingerprint density at radius 3 is 2.80 bits per heavy atom. The summed E-state index contributed by atoms with van der Waals surface area (Å²) in [7, 11) is -3.10. The van der Waals surface area contributed by atoms with Crippen molar-refractivity contribution >= 4 is 15.9 Å². The number of rotatable bonds is 5. The molecule has 0 aromatic carbocycles. The van der Waals surface area contributed by atoms with Crippen molar-refractivity contribution in [3.8, 4) is 0 Å². The van der Waals surface area contributed by atoms with Crippen molar-refractivity contribution in [3.05, 3.63) is 0 Å². The van der Waals surface area contributed by atoms with Crippen LogP contribution >= 0.6 is 0 Å². The van der Waals surface area contributed by atoms with Crippen molar-refractivity contribution in [2.45, 2.75) is 38.6 Å². The van der Waals surface area contributed by atoms with Crippen LogP contribution in [-0.2, 0) is 14.8 Å². The van der Waals surface area contributed by atoms with Crippen LogP contribution in [0.25, 0.3) is 0 Å². The molecular formula is C13H25N3O3S. The summed E-state index contributed by atoms with van der Waals surface area (Å²) in [6, 6.07) is -0.0610. The maximum absolute atomic E-state index is 11.9. The largest absolute Gasteiger partial charge is 0.354 e. The zero-order valence-corrected chi connectivity index (χ0v) is 12.9. The normalized spacial score (nSPS) is 28.4. The second kappa shape index (κ2) is 6.87. The number of hydrogen-bond acceptors (Lipinski definition) is 4. The molecule has 2 N–H and O–H groups in total. The fraction of sp³-hybridized carbons (Fsp3) is 0.923. The van der Waals surface area contributed by atoms with Gasteiger partial charge in [0.2, 0.25) is 15.9 Å². The van der Waals surface area contributed by atoms with Crippen LogP contribution in [0.15, 0.2) is 0 Å². The number of carbonyl (C=O) groups excluding carboxylic acids is 1. The zero-order chi connectivity index (χ0) is 14.6. The molecule has 2 unspecified atom stereocenters. The monoisotopic (exact) mass is 303 g/mol. The Morgan fingerprint density at radius 1 is 1.35 bits per heavy atom. The van der Waals surface area contributed by atoms with Gasteiger partial charge in [0.15, 0.2) is 0 Å². The second-order valence-electron chi connectivity index (χ2n) is 5.66. The van der Waals surface area contributed by atoms with Crippen LogP contribution < -0.4 is 10.6 Å². The molecule has 116 valence electrons. The SMILES string of the molecule is CCS(=O)(=O)N1CCCC(CNC(=O)C2CCCN2)C1. The van der Waals surface area contributed by atoms with Crippen LogP contribution in [0, 0.1) is 5.92 Å². The highest BCUT2D eigenvalue weighted by Gasteiger charge is 2.28. The summed E-state index contributed by atoms with van der Waals surface area (Å²) in [6.07, 6.45) is 3.80. The smallest absolute Gasteiger partial charge is 0.237 e. The first-order chi connectivity index (χ1) is 9.53. The molecule has 2 rings (SSSR count). The summed E-state index contributed by atoms with van der Waals surface area (Å²) in [5.41, 5.74) is 0. The molecule has 0 bridgehead atoms. The van der Waals surface area contributed by atoms with Crippen LogP contribution in [0.1, 0.15) is 32.6 Å². The molecule has 0 spiro atoms. The van der Waals surface area contributed by atoms with Gasteiger partial charge in [-0.05, 0) is 45.1 Å². The first-order valence-corrected chi connectivity index (χ1v) is 9.12. The summed E-state index contributed by atoms with van der Waals surface area (Å²) in [6.45, 7) is 4.31. The lowest BCUT2D eigenvalue weighted by atomic mass is 9.99. The molecule has 7 heteroatoms. The standard InChI is InChI=1S/C13H25N3O3S/c1-2-20(18,19)16-8-4-5-11(10-16)9-15-13(17)12-6-3-7-14-12/h11-12,14H,2-10H2,1H3,(H,15,17). The van der Waals surface area contributed by atoms with E-state index in [0.29, 0.717) is 19.6 Å². The lowest BCUT2D eigenvalue weighted by molar-refractivity contribution is -0.123. The van der Waals surface area contributed by atoms with Crippen molar-refractivity contribution < 1.29 is 13.2 Å². The highest BCUT2D eigenvalue weighted by Crippen LogP contribution is 2.19. The van der Waals surface area contributed by atoms with Crippen molar-refractivity contribution in [2.24, 2.45) is 5.92 Å². The molecule has 2 atom stereocenters. The Kier molecular flexibility index (Phi) is 5.40. The molecule has 20 heavy (non-hydrogen) atoms. The van der Waals surface area contributed by atoms with Crippen molar-refractivity contribution in [3.63, 3.8) is 0 Å². The zero-order valence-electron chi connectivity index (χ0n) is 12.1. The number of nitrogens with zero attached hydrogens (tertiary/aromatic N) is 1. The molecule has 0 radical (unpaired) electrons. The maximum atomic E-state index is 11.9. The van der Waals surface area contributed by atoms with Gasteiger partial charge in [-0.1, -0.05) is 0 Å². The summed E-state index contributed by atoms with van der Waals surface area (Å²) < 4.78 is 25.3. The van der Waals surface area contributed by atoms with Gasteiger partial charge < -0.3 is 10.6 Å². The number of carbonyl (C=O) groups is 1. The van der Waals surface area contributed by atoms with Gasteiger partial charge in [-0.2, -0.15) is 0 Å². The summed E-state index contributed by atoms with van der Waals surface area (Å²) in [5, 5.41) is 6.13. The first-order valence-electron chi connectivity index (χ1n) is 7.52. The minimum absolute atomic E-state index is 0.0537. The summed E-state index contributed by atoms with van der Waals surface area (Å²) >= 11 is 0. The average molecular weight is 303 g/mol. The summed E-state index contributed by atoms with van der Waals surface area (Å²) in [4.78, 5) is 11.9. The molecule has 0 aromatic heterocycles.